The third-order valence-corrected chi connectivity index (χ3v) is 4.59. The number of pyridine rings is 1. The summed E-state index contributed by atoms with van der Waals surface area (Å²) >= 11 is 1.69. The zero-order chi connectivity index (χ0) is 15.6. The summed E-state index contributed by atoms with van der Waals surface area (Å²) in [6, 6.07) is 7.82. The van der Waals surface area contributed by atoms with E-state index in [1.54, 1.807) is 30.1 Å². The van der Waals surface area contributed by atoms with Crippen LogP contribution in [0.1, 0.15) is 31.3 Å². The number of hydrazone groups is 1. The Hall–Kier alpha value is -2.34. The molecule has 112 valence electrons. The fourth-order valence-corrected chi connectivity index (χ4v) is 2.98. The van der Waals surface area contributed by atoms with Gasteiger partial charge >= 0.3 is 0 Å². The quantitative estimate of drug-likeness (QED) is 0.590. The minimum Gasteiger partial charge on any atom is -0.261 e. The van der Waals surface area contributed by atoms with Gasteiger partial charge in [-0.1, -0.05) is 26.8 Å². The third-order valence-electron chi connectivity index (χ3n) is 3.12. The molecule has 6 heteroatoms. The lowest BCUT2D eigenvalue weighted by molar-refractivity contribution is 0.604. The Bertz CT molecular complexity index is 802. The fourth-order valence-electron chi connectivity index (χ4n) is 1.93. The van der Waals surface area contributed by atoms with Crippen molar-refractivity contribution in [3.8, 4) is 0 Å². The molecule has 0 aliphatic rings. The highest BCUT2D eigenvalue weighted by atomic mass is 32.1. The molecule has 3 aromatic heterocycles. The summed E-state index contributed by atoms with van der Waals surface area (Å²) in [6.07, 6.45) is 4.97. The fraction of sp³-hybridized carbons (Fsp3) is 0.250. The largest absolute Gasteiger partial charge is 0.261 e. The number of hydrogen-bond donors (Lipinski definition) is 1. The van der Waals surface area contributed by atoms with E-state index < -0.39 is 0 Å². The molecule has 0 aliphatic carbocycles. The normalized spacial score (nSPS) is 12.1. The number of anilines is 1. The number of nitrogens with one attached hydrogen (secondary N) is 1. The molecule has 0 amide bonds. The summed E-state index contributed by atoms with van der Waals surface area (Å²) in [5.41, 5.74) is 3.88. The third kappa shape index (κ3) is 3.12. The first kappa shape index (κ1) is 14.6. The van der Waals surface area contributed by atoms with Gasteiger partial charge in [-0.05, 0) is 23.6 Å². The van der Waals surface area contributed by atoms with E-state index in [-0.39, 0.29) is 5.41 Å². The van der Waals surface area contributed by atoms with Gasteiger partial charge < -0.3 is 0 Å². The van der Waals surface area contributed by atoms with E-state index in [4.69, 9.17) is 0 Å². The van der Waals surface area contributed by atoms with Crippen molar-refractivity contribution in [2.45, 2.75) is 26.2 Å². The highest BCUT2D eigenvalue weighted by molar-refractivity contribution is 7.18. The van der Waals surface area contributed by atoms with E-state index in [9.17, 15) is 0 Å². The van der Waals surface area contributed by atoms with E-state index in [2.05, 4.69) is 52.3 Å². The second-order valence-corrected chi connectivity index (χ2v) is 6.96. The van der Waals surface area contributed by atoms with Crippen LogP contribution in [0.25, 0.3) is 10.2 Å². The first-order valence-electron chi connectivity index (χ1n) is 6.99. The van der Waals surface area contributed by atoms with Crippen LogP contribution in [0.2, 0.25) is 0 Å². The lowest BCUT2D eigenvalue weighted by Crippen LogP contribution is -2.07. The molecule has 0 fully saturated rings. The number of thiophene rings is 1. The predicted molar refractivity (Wildman–Crippen MR) is 91.6 cm³/mol. The summed E-state index contributed by atoms with van der Waals surface area (Å²) in [4.78, 5) is 15.1. The Labute approximate surface area is 133 Å². The molecule has 5 nitrogen and oxygen atoms in total. The lowest BCUT2D eigenvalue weighted by Gasteiger charge is -2.14. The van der Waals surface area contributed by atoms with Gasteiger partial charge in [0, 0.05) is 11.1 Å². The number of nitrogens with zero attached hydrogens (tertiary/aromatic N) is 4. The van der Waals surface area contributed by atoms with Gasteiger partial charge in [-0.15, -0.1) is 11.3 Å². The van der Waals surface area contributed by atoms with Crippen LogP contribution in [0.5, 0.6) is 0 Å². The van der Waals surface area contributed by atoms with Crippen molar-refractivity contribution in [2.75, 3.05) is 5.43 Å². The van der Waals surface area contributed by atoms with Gasteiger partial charge in [-0.2, -0.15) is 5.10 Å². The molecular formula is C16H17N5S. The standard InChI is InChI=1S/C16H17N5S/c1-16(2,3)13-8-12-14(18-10-19-15(12)22-13)21-20-9-11-6-4-5-7-17-11/h4-10H,1-3H3,(H,18,19,21). The zero-order valence-electron chi connectivity index (χ0n) is 12.7. The van der Waals surface area contributed by atoms with Gasteiger partial charge in [-0.3, -0.25) is 10.4 Å². The van der Waals surface area contributed by atoms with Crippen LogP contribution in [0.3, 0.4) is 0 Å². The van der Waals surface area contributed by atoms with E-state index in [1.165, 1.54) is 4.88 Å². The Morgan fingerprint density at radius 3 is 2.77 bits per heavy atom. The molecule has 3 aromatic rings. The number of aromatic nitrogens is 3. The average Bonchev–Trinajstić information content (AvgIpc) is 2.93. The van der Waals surface area contributed by atoms with E-state index in [0.717, 1.165) is 15.9 Å². The summed E-state index contributed by atoms with van der Waals surface area (Å²) < 4.78 is 0. The summed E-state index contributed by atoms with van der Waals surface area (Å²) in [7, 11) is 0. The zero-order valence-corrected chi connectivity index (χ0v) is 13.6. The smallest absolute Gasteiger partial charge is 0.158 e. The molecule has 0 unspecified atom stereocenters. The molecule has 3 rings (SSSR count). The van der Waals surface area contributed by atoms with Gasteiger partial charge in [0.2, 0.25) is 0 Å². The number of rotatable bonds is 3. The summed E-state index contributed by atoms with van der Waals surface area (Å²) in [6.45, 7) is 6.58. The minimum absolute atomic E-state index is 0.0971. The summed E-state index contributed by atoms with van der Waals surface area (Å²) in [5.74, 6) is 0.712. The van der Waals surface area contributed by atoms with Crippen molar-refractivity contribution in [1.82, 2.24) is 15.0 Å². The van der Waals surface area contributed by atoms with E-state index >= 15 is 0 Å². The molecule has 0 spiro atoms. The average molecular weight is 311 g/mol. The van der Waals surface area contributed by atoms with Gasteiger partial charge in [-0.25, -0.2) is 9.97 Å². The van der Waals surface area contributed by atoms with Crippen molar-refractivity contribution in [1.29, 1.82) is 0 Å². The van der Waals surface area contributed by atoms with E-state index in [1.807, 2.05) is 18.2 Å². The van der Waals surface area contributed by atoms with Crippen molar-refractivity contribution >= 4 is 33.6 Å². The maximum Gasteiger partial charge on any atom is 0.158 e. The van der Waals surface area contributed by atoms with Crippen molar-refractivity contribution in [3.63, 3.8) is 0 Å². The Balaban J connectivity index is 1.88. The molecule has 0 saturated heterocycles. The molecule has 0 bridgehead atoms. The molecule has 0 aliphatic heterocycles. The van der Waals surface area contributed by atoms with Gasteiger partial charge in [0.1, 0.15) is 11.2 Å². The Morgan fingerprint density at radius 2 is 2.05 bits per heavy atom. The van der Waals surface area contributed by atoms with Gasteiger partial charge in [0.15, 0.2) is 5.82 Å². The maximum absolute atomic E-state index is 4.35. The van der Waals surface area contributed by atoms with Gasteiger partial charge in [0.25, 0.3) is 0 Å². The predicted octanol–water partition coefficient (Wildman–Crippen LogP) is 3.83. The van der Waals surface area contributed by atoms with Gasteiger partial charge in [0.05, 0.1) is 17.3 Å². The highest BCUT2D eigenvalue weighted by Crippen LogP contribution is 2.35. The van der Waals surface area contributed by atoms with Crippen LogP contribution < -0.4 is 5.43 Å². The molecular weight excluding hydrogens is 294 g/mol. The first-order chi connectivity index (χ1) is 10.5. The number of fused-ring (bicyclic) bond motifs is 1. The van der Waals surface area contributed by atoms with Crippen LogP contribution in [0, 0.1) is 0 Å². The second kappa shape index (κ2) is 5.81. The van der Waals surface area contributed by atoms with Crippen LogP contribution >= 0.6 is 11.3 Å². The van der Waals surface area contributed by atoms with Crippen LogP contribution in [0.4, 0.5) is 5.82 Å². The maximum atomic E-state index is 4.35. The van der Waals surface area contributed by atoms with Crippen molar-refractivity contribution < 1.29 is 0 Å². The lowest BCUT2D eigenvalue weighted by atomic mass is 9.94. The molecule has 1 N–H and O–H groups in total. The highest BCUT2D eigenvalue weighted by Gasteiger charge is 2.18. The summed E-state index contributed by atoms with van der Waals surface area (Å²) in [5, 5.41) is 5.21. The molecule has 0 saturated carbocycles. The van der Waals surface area contributed by atoms with Crippen LogP contribution in [-0.4, -0.2) is 21.2 Å². The SMILES string of the molecule is CC(C)(C)c1cc2c(NN=Cc3ccccn3)ncnc2s1. The monoisotopic (exact) mass is 311 g/mol. The molecule has 0 atom stereocenters. The van der Waals surface area contributed by atoms with Crippen molar-refractivity contribution in [3.05, 3.63) is 47.4 Å². The van der Waals surface area contributed by atoms with E-state index in [0.29, 0.717) is 5.82 Å². The van der Waals surface area contributed by atoms with Crippen LogP contribution in [-0.2, 0) is 5.41 Å². The molecule has 3 heterocycles. The Morgan fingerprint density at radius 1 is 1.18 bits per heavy atom. The van der Waals surface area contributed by atoms with Crippen LogP contribution in [0.15, 0.2) is 41.9 Å². The topological polar surface area (TPSA) is 63.1 Å². The minimum atomic E-state index is 0.0971. The second-order valence-electron chi connectivity index (χ2n) is 5.93. The molecule has 22 heavy (non-hydrogen) atoms. The van der Waals surface area contributed by atoms with Crippen molar-refractivity contribution in [2.24, 2.45) is 5.10 Å². The first-order valence-corrected chi connectivity index (χ1v) is 7.81. The molecule has 0 radical (unpaired) electrons. The molecule has 0 aromatic carbocycles. The Kier molecular flexibility index (Phi) is 3.85. The number of hydrogen-bond acceptors (Lipinski definition) is 6.